The molecule has 0 spiro atoms. The molecule has 5 nitrogen and oxygen atoms in total. The lowest BCUT2D eigenvalue weighted by Gasteiger charge is -2.19. The van der Waals surface area contributed by atoms with Crippen LogP contribution < -0.4 is 0 Å². The van der Waals surface area contributed by atoms with Crippen molar-refractivity contribution in [1.82, 2.24) is 14.7 Å². The van der Waals surface area contributed by atoms with Crippen LogP contribution in [0.15, 0.2) is 42.7 Å². The number of hydrogen-bond donors (Lipinski definition) is 1. The Balaban J connectivity index is 1.93. The lowest BCUT2D eigenvalue weighted by molar-refractivity contribution is -0.131. The summed E-state index contributed by atoms with van der Waals surface area (Å²) in [5.41, 5.74) is 2.04. The van der Waals surface area contributed by atoms with Crippen molar-refractivity contribution >= 4 is 5.91 Å². The zero-order chi connectivity index (χ0) is 15.1. The summed E-state index contributed by atoms with van der Waals surface area (Å²) >= 11 is 0. The summed E-state index contributed by atoms with van der Waals surface area (Å²) in [6.07, 6.45) is 4.84. The topological polar surface area (TPSA) is 58.4 Å². The van der Waals surface area contributed by atoms with Crippen molar-refractivity contribution in [3.8, 4) is 5.69 Å². The van der Waals surface area contributed by atoms with Gasteiger partial charge in [0.15, 0.2) is 0 Å². The van der Waals surface area contributed by atoms with E-state index in [4.69, 9.17) is 5.11 Å². The van der Waals surface area contributed by atoms with Crippen LogP contribution in [0.4, 0.5) is 0 Å². The molecule has 0 aliphatic rings. The molecule has 0 fully saturated rings. The van der Waals surface area contributed by atoms with Gasteiger partial charge in [0.25, 0.3) is 0 Å². The fraction of sp³-hybridized carbons (Fsp3) is 0.375. The molecule has 2 rings (SSSR count). The molecule has 0 bridgehead atoms. The Bertz CT molecular complexity index is 566. The van der Waals surface area contributed by atoms with Gasteiger partial charge in [-0.05, 0) is 31.0 Å². The molecular formula is C16H21N3O2. The zero-order valence-electron chi connectivity index (χ0n) is 12.3. The van der Waals surface area contributed by atoms with Crippen molar-refractivity contribution in [2.24, 2.45) is 0 Å². The lowest BCUT2D eigenvalue weighted by Crippen LogP contribution is -2.33. The molecule has 0 radical (unpaired) electrons. The number of carbonyl (C=O) groups is 1. The zero-order valence-corrected chi connectivity index (χ0v) is 12.3. The molecule has 0 aliphatic heterocycles. The Kier molecular flexibility index (Phi) is 5.51. The molecule has 2 aromatic rings. The molecule has 21 heavy (non-hydrogen) atoms. The predicted molar refractivity (Wildman–Crippen MR) is 81.2 cm³/mol. The number of amides is 1. The standard InChI is InChI=1S/C16H21N3O2/c1-2-18(10-11-20)16(21)9-8-14-12-17-19(13-14)15-6-4-3-5-7-15/h3-7,12-13,20H,2,8-11H2,1H3. The molecule has 0 unspecified atom stereocenters. The van der Waals surface area contributed by atoms with Gasteiger partial charge in [0, 0.05) is 25.7 Å². The summed E-state index contributed by atoms with van der Waals surface area (Å²) in [5, 5.41) is 13.2. The van der Waals surface area contributed by atoms with Gasteiger partial charge in [0.2, 0.25) is 5.91 Å². The highest BCUT2D eigenvalue weighted by atomic mass is 16.3. The van der Waals surface area contributed by atoms with Crippen molar-refractivity contribution in [1.29, 1.82) is 0 Å². The fourth-order valence-corrected chi connectivity index (χ4v) is 2.20. The van der Waals surface area contributed by atoms with Crippen LogP contribution >= 0.6 is 0 Å². The number of carbonyl (C=O) groups excluding carboxylic acids is 1. The largest absolute Gasteiger partial charge is 0.395 e. The van der Waals surface area contributed by atoms with Gasteiger partial charge in [-0.2, -0.15) is 5.10 Å². The summed E-state index contributed by atoms with van der Waals surface area (Å²) < 4.78 is 1.81. The fourth-order valence-electron chi connectivity index (χ4n) is 2.20. The molecule has 1 aromatic heterocycles. The van der Waals surface area contributed by atoms with Crippen molar-refractivity contribution < 1.29 is 9.90 Å². The second-order valence-electron chi connectivity index (χ2n) is 4.83. The van der Waals surface area contributed by atoms with Gasteiger partial charge in [-0.25, -0.2) is 4.68 Å². The van der Waals surface area contributed by atoms with Crippen LogP contribution in [-0.2, 0) is 11.2 Å². The Morgan fingerprint density at radius 1 is 1.33 bits per heavy atom. The van der Waals surface area contributed by atoms with Gasteiger partial charge in [-0.15, -0.1) is 0 Å². The van der Waals surface area contributed by atoms with Crippen LogP contribution in [0.1, 0.15) is 18.9 Å². The third kappa shape index (κ3) is 4.16. The number of para-hydroxylation sites is 1. The van der Waals surface area contributed by atoms with Crippen LogP contribution in [0.3, 0.4) is 0 Å². The lowest BCUT2D eigenvalue weighted by atomic mass is 10.2. The highest BCUT2D eigenvalue weighted by Crippen LogP contribution is 2.09. The highest BCUT2D eigenvalue weighted by molar-refractivity contribution is 5.76. The van der Waals surface area contributed by atoms with Gasteiger partial charge in [-0.1, -0.05) is 18.2 Å². The maximum atomic E-state index is 12.0. The van der Waals surface area contributed by atoms with E-state index < -0.39 is 0 Å². The number of nitrogens with zero attached hydrogens (tertiary/aromatic N) is 3. The molecule has 1 amide bonds. The normalized spacial score (nSPS) is 10.6. The third-order valence-electron chi connectivity index (χ3n) is 3.39. The van der Waals surface area contributed by atoms with E-state index in [1.165, 1.54) is 0 Å². The number of aromatic nitrogens is 2. The maximum absolute atomic E-state index is 12.0. The second-order valence-corrected chi connectivity index (χ2v) is 4.83. The Hall–Kier alpha value is -2.14. The summed E-state index contributed by atoms with van der Waals surface area (Å²) in [6, 6.07) is 9.87. The van der Waals surface area contributed by atoms with Crippen LogP contribution in [0.25, 0.3) is 5.69 Å². The average Bonchev–Trinajstić information content (AvgIpc) is 3.00. The van der Waals surface area contributed by atoms with E-state index in [2.05, 4.69) is 5.10 Å². The molecule has 0 saturated carbocycles. The number of aliphatic hydroxyl groups is 1. The van der Waals surface area contributed by atoms with Crippen LogP contribution in [0, 0.1) is 0 Å². The van der Waals surface area contributed by atoms with E-state index in [-0.39, 0.29) is 12.5 Å². The molecule has 1 N–H and O–H groups in total. The summed E-state index contributed by atoms with van der Waals surface area (Å²) in [6.45, 7) is 2.95. The Morgan fingerprint density at radius 2 is 2.10 bits per heavy atom. The monoisotopic (exact) mass is 287 g/mol. The first kappa shape index (κ1) is 15.3. The number of likely N-dealkylation sites (N-methyl/N-ethyl adjacent to an activating group) is 1. The minimum Gasteiger partial charge on any atom is -0.395 e. The highest BCUT2D eigenvalue weighted by Gasteiger charge is 2.11. The van der Waals surface area contributed by atoms with Gasteiger partial charge < -0.3 is 10.0 Å². The Labute approximate surface area is 124 Å². The maximum Gasteiger partial charge on any atom is 0.222 e. The van der Waals surface area contributed by atoms with Gasteiger partial charge in [0.1, 0.15) is 0 Å². The van der Waals surface area contributed by atoms with Crippen molar-refractivity contribution in [3.63, 3.8) is 0 Å². The van der Waals surface area contributed by atoms with E-state index in [9.17, 15) is 4.79 Å². The molecule has 0 saturated heterocycles. The molecule has 1 aromatic carbocycles. The Morgan fingerprint density at radius 3 is 2.76 bits per heavy atom. The average molecular weight is 287 g/mol. The predicted octanol–water partition coefficient (Wildman–Crippen LogP) is 1.65. The number of aryl methyl sites for hydroxylation is 1. The third-order valence-corrected chi connectivity index (χ3v) is 3.39. The van der Waals surface area contributed by atoms with E-state index in [0.717, 1.165) is 11.3 Å². The van der Waals surface area contributed by atoms with Gasteiger partial charge >= 0.3 is 0 Å². The molecular weight excluding hydrogens is 266 g/mol. The van der Waals surface area contributed by atoms with E-state index in [1.807, 2.05) is 48.1 Å². The van der Waals surface area contributed by atoms with Crippen molar-refractivity contribution in [2.75, 3.05) is 19.7 Å². The number of benzene rings is 1. The summed E-state index contributed by atoms with van der Waals surface area (Å²) in [5.74, 6) is 0.0685. The first-order valence-corrected chi connectivity index (χ1v) is 7.22. The molecule has 112 valence electrons. The van der Waals surface area contributed by atoms with E-state index >= 15 is 0 Å². The van der Waals surface area contributed by atoms with Crippen LogP contribution in [0.5, 0.6) is 0 Å². The quantitative estimate of drug-likeness (QED) is 0.842. The van der Waals surface area contributed by atoms with Crippen LogP contribution in [0.2, 0.25) is 0 Å². The second kappa shape index (κ2) is 7.59. The van der Waals surface area contributed by atoms with Crippen LogP contribution in [-0.4, -0.2) is 45.4 Å². The minimum absolute atomic E-state index is 0.00548. The smallest absolute Gasteiger partial charge is 0.222 e. The molecule has 1 heterocycles. The molecule has 5 heteroatoms. The number of aliphatic hydroxyl groups excluding tert-OH is 1. The summed E-state index contributed by atoms with van der Waals surface area (Å²) in [4.78, 5) is 13.7. The number of rotatable bonds is 7. The summed E-state index contributed by atoms with van der Waals surface area (Å²) in [7, 11) is 0. The van der Waals surface area contributed by atoms with Gasteiger partial charge in [0.05, 0.1) is 18.5 Å². The SMILES string of the molecule is CCN(CCO)C(=O)CCc1cnn(-c2ccccc2)c1. The molecule has 0 atom stereocenters. The van der Waals surface area contributed by atoms with Gasteiger partial charge in [-0.3, -0.25) is 4.79 Å². The first-order chi connectivity index (χ1) is 10.2. The van der Waals surface area contributed by atoms with E-state index in [0.29, 0.717) is 25.9 Å². The number of hydrogen-bond acceptors (Lipinski definition) is 3. The molecule has 0 aliphatic carbocycles. The first-order valence-electron chi connectivity index (χ1n) is 7.22. The van der Waals surface area contributed by atoms with E-state index in [1.54, 1.807) is 11.1 Å². The van der Waals surface area contributed by atoms with Crippen molar-refractivity contribution in [3.05, 3.63) is 48.3 Å². The minimum atomic E-state index is 0.00548. The van der Waals surface area contributed by atoms with Crippen molar-refractivity contribution in [2.45, 2.75) is 19.8 Å².